The number of benzene rings is 3. The molecule has 1 saturated heterocycles. The molecule has 172 valence electrons. The maximum absolute atomic E-state index is 12.9. The number of nitrogens with zero attached hydrogens (tertiary/aromatic N) is 1. The van der Waals surface area contributed by atoms with E-state index in [1.165, 1.54) is 12.0 Å². The third-order valence-electron chi connectivity index (χ3n) is 5.23. The molecule has 0 aromatic heterocycles. The lowest BCUT2D eigenvalue weighted by molar-refractivity contribution is -0.123. The zero-order valence-corrected chi connectivity index (χ0v) is 20.0. The number of ether oxygens (including phenoxy) is 2. The molecule has 8 heteroatoms. The Labute approximate surface area is 206 Å². The summed E-state index contributed by atoms with van der Waals surface area (Å²) < 4.78 is 10.8. The van der Waals surface area contributed by atoms with E-state index in [0.29, 0.717) is 26.8 Å². The lowest BCUT2D eigenvalue weighted by Crippen LogP contribution is -2.27. The second-order valence-corrected chi connectivity index (χ2v) is 8.93. The van der Waals surface area contributed by atoms with Crippen molar-refractivity contribution in [1.29, 1.82) is 0 Å². The number of rotatable bonds is 6. The van der Waals surface area contributed by atoms with Crippen molar-refractivity contribution >= 4 is 46.6 Å². The Morgan fingerprint density at radius 2 is 1.76 bits per heavy atom. The molecule has 0 unspecified atom stereocenters. The number of carbonyl (C=O) groups is 3. The fourth-order valence-corrected chi connectivity index (χ4v) is 4.32. The Morgan fingerprint density at radius 1 is 1.03 bits per heavy atom. The number of carbonyl (C=O) groups excluding carboxylic acids is 3. The lowest BCUT2D eigenvalue weighted by Gasteiger charge is -2.14. The van der Waals surface area contributed by atoms with Gasteiger partial charge in [0.05, 0.1) is 24.1 Å². The number of hydrogen-bond donors (Lipinski definition) is 0. The summed E-state index contributed by atoms with van der Waals surface area (Å²) in [5, 5.41) is 0.176. The fraction of sp³-hybridized carbons (Fsp3) is 0.115. The lowest BCUT2D eigenvalue weighted by atomic mass is 10.1. The van der Waals surface area contributed by atoms with Crippen molar-refractivity contribution in [2.75, 3.05) is 7.11 Å². The van der Waals surface area contributed by atoms with Gasteiger partial charge in [-0.2, -0.15) is 0 Å². The van der Waals surface area contributed by atoms with Gasteiger partial charge in [-0.3, -0.25) is 14.5 Å². The van der Waals surface area contributed by atoms with Gasteiger partial charge in [-0.25, -0.2) is 4.79 Å². The van der Waals surface area contributed by atoms with Gasteiger partial charge in [0.25, 0.3) is 11.1 Å². The highest BCUT2D eigenvalue weighted by Crippen LogP contribution is 2.35. The Balaban J connectivity index is 1.56. The maximum atomic E-state index is 12.9. The predicted molar refractivity (Wildman–Crippen MR) is 132 cm³/mol. The van der Waals surface area contributed by atoms with Crippen molar-refractivity contribution < 1.29 is 23.9 Å². The Bertz CT molecular complexity index is 1300. The van der Waals surface area contributed by atoms with Crippen molar-refractivity contribution in [2.45, 2.75) is 13.5 Å². The molecule has 0 N–H and O–H groups in total. The topological polar surface area (TPSA) is 72.9 Å². The number of imide groups is 1. The van der Waals surface area contributed by atoms with Gasteiger partial charge in [0.15, 0.2) is 11.5 Å². The zero-order valence-electron chi connectivity index (χ0n) is 18.4. The minimum absolute atomic E-state index is 0.190. The molecule has 3 aromatic carbocycles. The summed E-state index contributed by atoms with van der Waals surface area (Å²) in [6.45, 7) is 2.15. The van der Waals surface area contributed by atoms with E-state index < -0.39 is 5.97 Å². The van der Waals surface area contributed by atoms with Crippen molar-refractivity contribution in [3.8, 4) is 11.5 Å². The molecule has 0 aliphatic carbocycles. The summed E-state index contributed by atoms with van der Waals surface area (Å²) in [5.74, 6) is -0.401. The smallest absolute Gasteiger partial charge is 0.343 e. The molecular formula is C26H20ClNO5S. The van der Waals surface area contributed by atoms with Gasteiger partial charge in [0, 0.05) is 5.02 Å². The second-order valence-electron chi connectivity index (χ2n) is 7.50. The van der Waals surface area contributed by atoms with Crippen LogP contribution in [-0.2, 0) is 11.3 Å². The fourth-order valence-electron chi connectivity index (χ4n) is 3.35. The molecule has 6 nitrogen and oxygen atoms in total. The molecule has 1 aliphatic heterocycles. The quantitative estimate of drug-likeness (QED) is 0.234. The van der Waals surface area contributed by atoms with Crippen molar-refractivity contribution in [1.82, 2.24) is 4.90 Å². The van der Waals surface area contributed by atoms with Crippen LogP contribution in [0.2, 0.25) is 5.02 Å². The van der Waals surface area contributed by atoms with E-state index in [2.05, 4.69) is 0 Å². The van der Waals surface area contributed by atoms with E-state index in [-0.39, 0.29) is 23.4 Å². The molecular weight excluding hydrogens is 474 g/mol. The first-order valence-electron chi connectivity index (χ1n) is 10.3. The largest absolute Gasteiger partial charge is 0.493 e. The van der Waals surface area contributed by atoms with Crippen molar-refractivity contribution in [2.24, 2.45) is 0 Å². The molecule has 3 aromatic rings. The molecule has 0 radical (unpaired) electrons. The van der Waals surface area contributed by atoms with Gasteiger partial charge in [-0.1, -0.05) is 41.9 Å². The SMILES string of the molecule is COc1ccc(/C=C2\SC(=O)N(Cc3ccccc3C)C2=O)cc1OC(=O)c1ccc(Cl)cc1. The second kappa shape index (κ2) is 10.2. The molecule has 2 amide bonds. The summed E-state index contributed by atoms with van der Waals surface area (Å²) in [4.78, 5) is 39.5. The van der Waals surface area contributed by atoms with Gasteiger partial charge in [-0.05, 0) is 77.9 Å². The first kappa shape index (κ1) is 23.6. The molecule has 34 heavy (non-hydrogen) atoms. The van der Waals surface area contributed by atoms with Crippen LogP contribution < -0.4 is 9.47 Å². The Hall–Kier alpha value is -3.55. The molecule has 0 saturated carbocycles. The zero-order chi connectivity index (χ0) is 24.2. The number of thioether (sulfide) groups is 1. The predicted octanol–water partition coefficient (Wildman–Crippen LogP) is 6.11. The van der Waals surface area contributed by atoms with Crippen LogP contribution in [0.3, 0.4) is 0 Å². The summed E-state index contributed by atoms with van der Waals surface area (Å²) in [6.07, 6.45) is 1.60. The third kappa shape index (κ3) is 5.16. The normalized spacial score (nSPS) is 14.6. The highest BCUT2D eigenvalue weighted by Gasteiger charge is 2.35. The first-order valence-corrected chi connectivity index (χ1v) is 11.5. The summed E-state index contributed by atoms with van der Waals surface area (Å²) in [7, 11) is 1.46. The van der Waals surface area contributed by atoms with E-state index in [1.807, 2.05) is 31.2 Å². The number of hydrogen-bond acceptors (Lipinski definition) is 6. The minimum Gasteiger partial charge on any atom is -0.493 e. The number of methoxy groups -OCH3 is 1. The van der Waals surface area contributed by atoms with Gasteiger partial charge < -0.3 is 9.47 Å². The average molecular weight is 494 g/mol. The summed E-state index contributed by atoms with van der Waals surface area (Å²) in [5.41, 5.74) is 2.83. The first-order chi connectivity index (χ1) is 16.4. The van der Waals surface area contributed by atoms with Gasteiger partial charge >= 0.3 is 5.97 Å². The van der Waals surface area contributed by atoms with Crippen LogP contribution in [0.4, 0.5) is 4.79 Å². The molecule has 1 aliphatic rings. The molecule has 0 bridgehead atoms. The Morgan fingerprint density at radius 3 is 2.47 bits per heavy atom. The summed E-state index contributed by atoms with van der Waals surface area (Å²) >= 11 is 6.75. The van der Waals surface area contributed by atoms with E-state index >= 15 is 0 Å². The standard InChI is InChI=1S/C26H20ClNO5S/c1-16-5-3-4-6-19(16)15-28-24(29)23(34-26(28)31)14-17-7-12-21(32-2)22(13-17)33-25(30)18-8-10-20(27)11-9-18/h3-14H,15H2,1-2H3/b23-14-. The molecule has 0 atom stereocenters. The van der Waals surface area contributed by atoms with E-state index in [0.717, 1.165) is 22.9 Å². The molecule has 1 fully saturated rings. The molecule has 4 rings (SSSR count). The monoisotopic (exact) mass is 493 g/mol. The number of esters is 1. The average Bonchev–Trinajstić information content (AvgIpc) is 3.08. The summed E-state index contributed by atoms with van der Waals surface area (Å²) in [6, 6.07) is 18.9. The Kier molecular flexibility index (Phi) is 7.05. The number of aryl methyl sites for hydroxylation is 1. The highest BCUT2D eigenvalue weighted by molar-refractivity contribution is 8.18. The van der Waals surface area contributed by atoms with Gasteiger partial charge in [-0.15, -0.1) is 0 Å². The third-order valence-corrected chi connectivity index (χ3v) is 6.39. The van der Waals surface area contributed by atoms with Crippen molar-refractivity contribution in [3.63, 3.8) is 0 Å². The van der Waals surface area contributed by atoms with Crippen LogP contribution in [0, 0.1) is 6.92 Å². The van der Waals surface area contributed by atoms with Crippen LogP contribution >= 0.6 is 23.4 Å². The van der Waals surface area contributed by atoms with Gasteiger partial charge in [0.2, 0.25) is 0 Å². The van der Waals surface area contributed by atoms with Crippen LogP contribution in [-0.4, -0.2) is 29.1 Å². The van der Waals surface area contributed by atoms with Crippen LogP contribution in [0.1, 0.15) is 27.0 Å². The molecule has 1 heterocycles. The van der Waals surface area contributed by atoms with E-state index in [1.54, 1.807) is 48.5 Å². The highest BCUT2D eigenvalue weighted by atomic mass is 35.5. The maximum Gasteiger partial charge on any atom is 0.343 e. The van der Waals surface area contributed by atoms with Gasteiger partial charge in [0.1, 0.15) is 0 Å². The number of halogens is 1. The minimum atomic E-state index is -0.578. The van der Waals surface area contributed by atoms with Crippen molar-refractivity contribution in [3.05, 3.63) is 98.9 Å². The number of amides is 2. The molecule has 0 spiro atoms. The van der Waals surface area contributed by atoms with Crippen LogP contribution in [0.25, 0.3) is 6.08 Å². The van der Waals surface area contributed by atoms with Crippen LogP contribution in [0.15, 0.2) is 71.6 Å². The van der Waals surface area contributed by atoms with E-state index in [4.69, 9.17) is 21.1 Å². The van der Waals surface area contributed by atoms with E-state index in [9.17, 15) is 14.4 Å². The van der Waals surface area contributed by atoms with Crippen LogP contribution in [0.5, 0.6) is 11.5 Å².